The van der Waals surface area contributed by atoms with Crippen LogP contribution in [0.1, 0.15) is 80.8 Å². The second kappa shape index (κ2) is 11.6. The quantitative estimate of drug-likeness (QED) is 0.411. The van der Waals surface area contributed by atoms with Gasteiger partial charge in [-0.2, -0.15) is 0 Å². The number of ether oxygens (including phenoxy) is 1. The average Bonchev–Trinajstić information content (AvgIpc) is 3.13. The van der Waals surface area contributed by atoms with Crippen molar-refractivity contribution in [3.8, 4) is 5.75 Å². The van der Waals surface area contributed by atoms with Gasteiger partial charge in [-0.05, 0) is 60.9 Å². The van der Waals surface area contributed by atoms with Crippen molar-refractivity contribution in [3.63, 3.8) is 0 Å². The molecule has 2 rings (SSSR count). The number of hydrogen-bond donors (Lipinski definition) is 2. The molecule has 1 aromatic carbocycles. The van der Waals surface area contributed by atoms with E-state index in [1.165, 1.54) is 22.3 Å². The monoisotopic (exact) mass is 503 g/mol. The number of carboxylic acid groups (broad SMARTS) is 1. The highest BCUT2D eigenvalue weighted by molar-refractivity contribution is 7.12. The number of carbonyl (C=O) groups is 2. The second-order valence-electron chi connectivity index (χ2n) is 10.4. The summed E-state index contributed by atoms with van der Waals surface area (Å²) < 4.78 is 5.95. The van der Waals surface area contributed by atoms with Crippen LogP contribution in [0.5, 0.6) is 5.75 Å². The van der Waals surface area contributed by atoms with Crippen LogP contribution in [0.3, 0.4) is 0 Å². The van der Waals surface area contributed by atoms with Crippen LogP contribution in [0.15, 0.2) is 24.3 Å². The summed E-state index contributed by atoms with van der Waals surface area (Å²) >= 11 is 1.66. The van der Waals surface area contributed by atoms with Crippen LogP contribution in [-0.2, 0) is 21.5 Å². The van der Waals surface area contributed by atoms with Gasteiger partial charge in [0.05, 0.1) is 12.6 Å². The van der Waals surface area contributed by atoms with E-state index in [0.29, 0.717) is 6.54 Å². The van der Waals surface area contributed by atoms with Crippen LogP contribution in [0.2, 0.25) is 0 Å². The maximum absolute atomic E-state index is 12.0. The topological polar surface area (TPSA) is 87.1 Å². The SMILES string of the molecule is CCC(CC)(c1ccc(OCC(O)C(C)(C)C)c(C)c1)c1cc(C)c(CN(CC(=O)O)C(C)=O)s1. The number of carbonyl (C=O) groups excluding carboxylic acids is 1. The number of carboxylic acids is 1. The molecule has 0 saturated heterocycles. The highest BCUT2D eigenvalue weighted by atomic mass is 32.1. The molecule has 1 atom stereocenters. The number of aryl methyl sites for hydroxylation is 2. The Kier molecular flexibility index (Phi) is 9.54. The Bertz CT molecular complexity index is 1030. The third-order valence-electron chi connectivity index (χ3n) is 6.93. The Morgan fingerprint density at radius 2 is 1.71 bits per heavy atom. The summed E-state index contributed by atoms with van der Waals surface area (Å²) in [6.07, 6.45) is 1.24. The van der Waals surface area contributed by atoms with E-state index in [9.17, 15) is 19.8 Å². The van der Waals surface area contributed by atoms with Gasteiger partial charge in [0.25, 0.3) is 0 Å². The Morgan fingerprint density at radius 1 is 1.09 bits per heavy atom. The van der Waals surface area contributed by atoms with Gasteiger partial charge in [-0.1, -0.05) is 46.8 Å². The summed E-state index contributed by atoms with van der Waals surface area (Å²) in [5.41, 5.74) is 2.85. The minimum absolute atomic E-state index is 0.199. The number of aliphatic hydroxyl groups is 1. The predicted octanol–water partition coefficient (Wildman–Crippen LogP) is 5.69. The largest absolute Gasteiger partial charge is 0.491 e. The molecular formula is C28H41NO5S. The number of amides is 1. The van der Waals surface area contributed by atoms with Crippen molar-refractivity contribution in [1.29, 1.82) is 0 Å². The summed E-state index contributed by atoms with van der Waals surface area (Å²) in [5.74, 6) is -0.493. The van der Waals surface area contributed by atoms with Crippen LogP contribution < -0.4 is 4.74 Å². The highest BCUT2D eigenvalue weighted by Gasteiger charge is 2.34. The van der Waals surface area contributed by atoms with Crippen LogP contribution in [0, 0.1) is 19.3 Å². The number of nitrogens with zero attached hydrogens (tertiary/aromatic N) is 1. The molecule has 0 aliphatic carbocycles. The maximum atomic E-state index is 12.0. The number of rotatable bonds is 11. The van der Waals surface area contributed by atoms with Crippen LogP contribution >= 0.6 is 11.3 Å². The lowest BCUT2D eigenvalue weighted by molar-refractivity contribution is -0.144. The molecule has 0 bridgehead atoms. The molecule has 0 fully saturated rings. The van der Waals surface area contributed by atoms with Crippen molar-refractivity contribution in [2.24, 2.45) is 5.41 Å². The number of hydrogen-bond acceptors (Lipinski definition) is 5. The fourth-order valence-corrected chi connectivity index (χ4v) is 5.75. The summed E-state index contributed by atoms with van der Waals surface area (Å²) in [6.45, 7) is 16.0. The Hall–Kier alpha value is -2.38. The number of aliphatic hydroxyl groups excluding tert-OH is 1. The number of benzene rings is 1. The third kappa shape index (κ3) is 6.85. The first kappa shape index (κ1) is 28.9. The molecule has 0 saturated carbocycles. The molecule has 2 N–H and O–H groups in total. The van der Waals surface area contributed by atoms with Gasteiger partial charge in [0.1, 0.15) is 18.9 Å². The number of aliphatic carboxylic acids is 1. The predicted molar refractivity (Wildman–Crippen MR) is 141 cm³/mol. The highest BCUT2D eigenvalue weighted by Crippen LogP contribution is 2.44. The molecule has 1 aromatic heterocycles. The van der Waals surface area contributed by atoms with Crippen LogP contribution in [0.4, 0.5) is 0 Å². The first-order valence-electron chi connectivity index (χ1n) is 12.2. The average molecular weight is 504 g/mol. The third-order valence-corrected chi connectivity index (χ3v) is 8.36. The van der Waals surface area contributed by atoms with E-state index in [1.54, 1.807) is 11.3 Å². The fourth-order valence-electron chi connectivity index (χ4n) is 4.20. The number of thiophene rings is 1. The van der Waals surface area contributed by atoms with Crippen molar-refractivity contribution >= 4 is 23.2 Å². The van der Waals surface area contributed by atoms with Crippen molar-refractivity contribution in [2.45, 2.75) is 86.3 Å². The van der Waals surface area contributed by atoms with Crippen LogP contribution in [-0.4, -0.2) is 46.2 Å². The zero-order valence-corrected chi connectivity index (χ0v) is 23.2. The standard InChI is InChI=1S/C28H41NO5S/c1-9-28(10-2,21-11-12-22(18(3)13-21)34-17-24(31)27(6,7)8)25-14-19(4)23(35-25)15-29(20(5)30)16-26(32)33/h11-14,24,31H,9-10,15-17H2,1-8H3,(H,32,33). The summed E-state index contributed by atoms with van der Waals surface area (Å²) in [5, 5.41) is 19.5. The first-order valence-corrected chi connectivity index (χ1v) is 13.1. The lowest BCUT2D eigenvalue weighted by atomic mass is 9.74. The lowest BCUT2D eigenvalue weighted by Gasteiger charge is -2.32. The van der Waals surface area contributed by atoms with E-state index in [1.807, 2.05) is 40.7 Å². The maximum Gasteiger partial charge on any atom is 0.323 e. The molecular weight excluding hydrogens is 462 g/mol. The molecule has 0 spiro atoms. The molecule has 0 radical (unpaired) electrons. The molecule has 6 nitrogen and oxygen atoms in total. The molecule has 7 heteroatoms. The molecule has 1 unspecified atom stereocenters. The van der Waals surface area contributed by atoms with Gasteiger partial charge < -0.3 is 19.8 Å². The Labute approximate surface area is 213 Å². The van der Waals surface area contributed by atoms with Gasteiger partial charge >= 0.3 is 5.97 Å². The van der Waals surface area contributed by atoms with Crippen molar-refractivity contribution < 1.29 is 24.5 Å². The molecule has 35 heavy (non-hydrogen) atoms. The van der Waals surface area contributed by atoms with E-state index >= 15 is 0 Å². The summed E-state index contributed by atoms with van der Waals surface area (Å²) in [6, 6.07) is 8.46. The first-order chi connectivity index (χ1) is 16.2. The van der Waals surface area contributed by atoms with E-state index in [-0.39, 0.29) is 29.9 Å². The fraction of sp³-hybridized carbons (Fsp3) is 0.571. The molecule has 1 amide bonds. The molecule has 2 aromatic rings. The van der Waals surface area contributed by atoms with Crippen LogP contribution in [0.25, 0.3) is 0 Å². The van der Waals surface area contributed by atoms with Crippen molar-refractivity contribution in [2.75, 3.05) is 13.2 Å². The molecule has 194 valence electrons. The van der Waals surface area contributed by atoms with Gasteiger partial charge in [0.15, 0.2) is 0 Å². The molecule has 0 aliphatic rings. The van der Waals surface area contributed by atoms with Gasteiger partial charge in [-0.25, -0.2) is 0 Å². The lowest BCUT2D eigenvalue weighted by Crippen LogP contribution is -2.33. The summed E-state index contributed by atoms with van der Waals surface area (Å²) in [4.78, 5) is 26.8. The minimum Gasteiger partial charge on any atom is -0.491 e. The smallest absolute Gasteiger partial charge is 0.323 e. The van der Waals surface area contributed by atoms with E-state index in [2.05, 4.69) is 32.0 Å². The normalized spacial score (nSPS) is 12.9. The Balaban J connectivity index is 2.37. The zero-order chi connectivity index (χ0) is 26.6. The van der Waals surface area contributed by atoms with E-state index in [0.717, 1.165) is 34.6 Å². The van der Waals surface area contributed by atoms with E-state index < -0.39 is 12.1 Å². The molecule has 1 heterocycles. The van der Waals surface area contributed by atoms with Gasteiger partial charge in [-0.3, -0.25) is 9.59 Å². The molecule has 0 aliphatic heterocycles. The Morgan fingerprint density at radius 3 is 2.20 bits per heavy atom. The summed E-state index contributed by atoms with van der Waals surface area (Å²) in [7, 11) is 0. The van der Waals surface area contributed by atoms with E-state index in [4.69, 9.17) is 4.74 Å². The van der Waals surface area contributed by atoms with Crippen molar-refractivity contribution in [1.82, 2.24) is 4.90 Å². The van der Waals surface area contributed by atoms with Crippen molar-refractivity contribution in [3.05, 3.63) is 50.7 Å². The van der Waals surface area contributed by atoms with Gasteiger partial charge in [0, 0.05) is 22.1 Å². The minimum atomic E-state index is -1.01. The van der Waals surface area contributed by atoms with Gasteiger partial charge in [-0.15, -0.1) is 11.3 Å². The second-order valence-corrected chi connectivity index (χ2v) is 11.6. The van der Waals surface area contributed by atoms with Gasteiger partial charge in [0.2, 0.25) is 5.91 Å². The zero-order valence-electron chi connectivity index (χ0n) is 22.4.